The van der Waals surface area contributed by atoms with Crippen molar-refractivity contribution in [2.75, 3.05) is 11.9 Å². The van der Waals surface area contributed by atoms with Crippen LogP contribution in [0.3, 0.4) is 0 Å². The van der Waals surface area contributed by atoms with Crippen molar-refractivity contribution in [1.29, 1.82) is 0 Å². The molecule has 0 spiro atoms. The number of fused-ring (bicyclic) bond motifs is 1. The minimum atomic E-state index is -0.670. The van der Waals surface area contributed by atoms with Crippen molar-refractivity contribution in [2.45, 2.75) is 18.4 Å². The van der Waals surface area contributed by atoms with Crippen molar-refractivity contribution in [1.82, 2.24) is 0 Å². The van der Waals surface area contributed by atoms with Gasteiger partial charge in [0, 0.05) is 5.69 Å². The third-order valence-electron chi connectivity index (χ3n) is 3.88. The Hall–Kier alpha value is -1.94. The first kappa shape index (κ1) is 13.1. The molecule has 0 fully saturated rings. The van der Waals surface area contributed by atoms with E-state index in [1.807, 2.05) is 0 Å². The third kappa shape index (κ3) is 2.16. The van der Waals surface area contributed by atoms with Crippen LogP contribution in [0, 0.1) is 11.6 Å². The van der Waals surface area contributed by atoms with Crippen LogP contribution < -0.4 is 5.32 Å². The van der Waals surface area contributed by atoms with Crippen molar-refractivity contribution >= 4 is 5.69 Å². The van der Waals surface area contributed by atoms with E-state index in [9.17, 15) is 13.9 Å². The SMILES string of the molecule is OCC1(Nc2cccc(F)c2)CCc2cc(F)ccc21. The number of benzene rings is 2. The maximum atomic E-state index is 13.3. The molecule has 0 radical (unpaired) electrons. The number of aliphatic hydroxyl groups is 1. The molecule has 0 saturated heterocycles. The highest BCUT2D eigenvalue weighted by Crippen LogP contribution is 2.39. The maximum Gasteiger partial charge on any atom is 0.125 e. The predicted molar refractivity (Wildman–Crippen MR) is 73.5 cm³/mol. The molecule has 0 amide bonds. The van der Waals surface area contributed by atoms with Gasteiger partial charge in [0.1, 0.15) is 11.6 Å². The summed E-state index contributed by atoms with van der Waals surface area (Å²) in [6, 6.07) is 10.7. The highest BCUT2D eigenvalue weighted by molar-refractivity contribution is 5.52. The smallest absolute Gasteiger partial charge is 0.125 e. The lowest BCUT2D eigenvalue weighted by atomic mass is 9.92. The summed E-state index contributed by atoms with van der Waals surface area (Å²) in [5, 5.41) is 13.0. The van der Waals surface area contributed by atoms with Crippen LogP contribution in [-0.2, 0) is 12.0 Å². The largest absolute Gasteiger partial charge is 0.394 e. The van der Waals surface area contributed by atoms with Gasteiger partial charge in [0.05, 0.1) is 12.1 Å². The fourth-order valence-corrected chi connectivity index (χ4v) is 2.89. The van der Waals surface area contributed by atoms with Crippen LogP contribution in [0.5, 0.6) is 0 Å². The van der Waals surface area contributed by atoms with E-state index in [-0.39, 0.29) is 18.2 Å². The van der Waals surface area contributed by atoms with E-state index in [1.165, 1.54) is 24.3 Å². The van der Waals surface area contributed by atoms with Crippen molar-refractivity contribution in [3.8, 4) is 0 Å². The first-order valence-electron chi connectivity index (χ1n) is 6.56. The first-order chi connectivity index (χ1) is 9.63. The summed E-state index contributed by atoms with van der Waals surface area (Å²) in [6.45, 7) is -0.123. The van der Waals surface area contributed by atoms with E-state index in [0.717, 1.165) is 11.1 Å². The summed E-state index contributed by atoms with van der Waals surface area (Å²) in [6.07, 6.45) is 1.34. The van der Waals surface area contributed by atoms with Gasteiger partial charge in [0.2, 0.25) is 0 Å². The van der Waals surface area contributed by atoms with E-state index < -0.39 is 5.54 Å². The van der Waals surface area contributed by atoms with Gasteiger partial charge < -0.3 is 10.4 Å². The molecule has 2 N–H and O–H groups in total. The highest BCUT2D eigenvalue weighted by Gasteiger charge is 2.38. The van der Waals surface area contributed by atoms with Gasteiger partial charge in [0.15, 0.2) is 0 Å². The summed E-state index contributed by atoms with van der Waals surface area (Å²) < 4.78 is 26.5. The van der Waals surface area contributed by atoms with Gasteiger partial charge >= 0.3 is 0 Å². The Morgan fingerprint density at radius 2 is 1.90 bits per heavy atom. The molecule has 0 aromatic heterocycles. The average molecular weight is 275 g/mol. The highest BCUT2D eigenvalue weighted by atomic mass is 19.1. The number of aliphatic hydroxyl groups excluding tert-OH is 1. The Labute approximate surface area is 116 Å². The molecule has 1 aliphatic carbocycles. The van der Waals surface area contributed by atoms with Gasteiger partial charge in [-0.3, -0.25) is 0 Å². The molecule has 0 heterocycles. The standard InChI is InChI=1S/C16H15F2NO/c17-12-2-1-3-14(9-12)19-16(10-20)7-6-11-8-13(18)4-5-15(11)16/h1-5,8-9,19-20H,6-7,10H2. The number of nitrogens with one attached hydrogen (secondary N) is 1. The van der Waals surface area contributed by atoms with E-state index in [4.69, 9.17) is 0 Å². The van der Waals surface area contributed by atoms with Crippen LogP contribution >= 0.6 is 0 Å². The molecule has 1 atom stereocenters. The van der Waals surface area contributed by atoms with Gasteiger partial charge in [-0.25, -0.2) is 8.78 Å². The number of hydrogen-bond acceptors (Lipinski definition) is 2. The monoisotopic (exact) mass is 275 g/mol. The summed E-state index contributed by atoms with van der Waals surface area (Å²) in [7, 11) is 0. The maximum absolute atomic E-state index is 13.3. The van der Waals surface area contributed by atoms with Crippen LogP contribution in [0.2, 0.25) is 0 Å². The molecule has 1 unspecified atom stereocenters. The molecule has 2 aromatic carbocycles. The lowest BCUT2D eigenvalue weighted by molar-refractivity contribution is 0.211. The summed E-state index contributed by atoms with van der Waals surface area (Å²) >= 11 is 0. The Bertz CT molecular complexity index is 644. The summed E-state index contributed by atoms with van der Waals surface area (Å²) in [5.74, 6) is -0.608. The quantitative estimate of drug-likeness (QED) is 0.901. The van der Waals surface area contributed by atoms with E-state index in [0.29, 0.717) is 18.5 Å². The van der Waals surface area contributed by atoms with Crippen LogP contribution in [0.25, 0.3) is 0 Å². The lowest BCUT2D eigenvalue weighted by Gasteiger charge is -2.31. The van der Waals surface area contributed by atoms with Crippen LogP contribution in [-0.4, -0.2) is 11.7 Å². The molecular formula is C16H15F2NO. The summed E-state index contributed by atoms with van der Waals surface area (Å²) in [4.78, 5) is 0. The van der Waals surface area contributed by atoms with Crippen molar-refractivity contribution in [2.24, 2.45) is 0 Å². The molecule has 0 aliphatic heterocycles. The van der Waals surface area contributed by atoms with E-state index in [1.54, 1.807) is 18.2 Å². The number of hydrogen-bond donors (Lipinski definition) is 2. The van der Waals surface area contributed by atoms with Gasteiger partial charge in [-0.15, -0.1) is 0 Å². The zero-order chi connectivity index (χ0) is 14.2. The molecular weight excluding hydrogens is 260 g/mol. The molecule has 104 valence electrons. The van der Waals surface area contributed by atoms with Crippen molar-refractivity contribution in [3.63, 3.8) is 0 Å². The molecule has 20 heavy (non-hydrogen) atoms. The van der Waals surface area contributed by atoms with Crippen LogP contribution in [0.15, 0.2) is 42.5 Å². The Morgan fingerprint density at radius 3 is 2.65 bits per heavy atom. The van der Waals surface area contributed by atoms with Crippen molar-refractivity contribution in [3.05, 3.63) is 65.2 Å². The van der Waals surface area contributed by atoms with E-state index in [2.05, 4.69) is 5.32 Å². The lowest BCUT2D eigenvalue weighted by Crippen LogP contribution is -2.36. The Balaban J connectivity index is 1.98. The second kappa shape index (κ2) is 4.87. The molecule has 0 bridgehead atoms. The normalized spacial score (nSPS) is 20.8. The van der Waals surface area contributed by atoms with E-state index >= 15 is 0 Å². The van der Waals surface area contributed by atoms with Crippen LogP contribution in [0.1, 0.15) is 17.5 Å². The minimum absolute atomic E-state index is 0.123. The predicted octanol–water partition coefficient (Wildman–Crippen LogP) is 3.21. The number of rotatable bonds is 3. The minimum Gasteiger partial charge on any atom is -0.394 e. The number of aryl methyl sites for hydroxylation is 1. The molecule has 4 heteroatoms. The Kier molecular flexibility index (Phi) is 3.18. The molecule has 3 rings (SSSR count). The molecule has 0 saturated carbocycles. The molecule has 2 nitrogen and oxygen atoms in total. The fourth-order valence-electron chi connectivity index (χ4n) is 2.89. The zero-order valence-corrected chi connectivity index (χ0v) is 10.9. The molecule has 2 aromatic rings. The van der Waals surface area contributed by atoms with Gasteiger partial charge in [-0.2, -0.15) is 0 Å². The van der Waals surface area contributed by atoms with Crippen molar-refractivity contribution < 1.29 is 13.9 Å². The fraction of sp³-hybridized carbons (Fsp3) is 0.250. The van der Waals surface area contributed by atoms with Gasteiger partial charge in [-0.1, -0.05) is 12.1 Å². The third-order valence-corrected chi connectivity index (χ3v) is 3.88. The topological polar surface area (TPSA) is 32.3 Å². The van der Waals surface area contributed by atoms with Gasteiger partial charge in [-0.05, 0) is 54.3 Å². The van der Waals surface area contributed by atoms with Crippen LogP contribution in [0.4, 0.5) is 14.5 Å². The summed E-state index contributed by atoms with van der Waals surface area (Å²) in [5.41, 5.74) is 1.71. The average Bonchev–Trinajstić information content (AvgIpc) is 2.77. The zero-order valence-electron chi connectivity index (χ0n) is 10.9. The first-order valence-corrected chi connectivity index (χ1v) is 6.56. The van der Waals surface area contributed by atoms with Gasteiger partial charge in [0.25, 0.3) is 0 Å². The number of halogens is 2. The second-order valence-electron chi connectivity index (χ2n) is 5.18. The molecule has 1 aliphatic rings. The number of anilines is 1. The Morgan fingerprint density at radius 1 is 1.10 bits per heavy atom. The second-order valence-corrected chi connectivity index (χ2v) is 5.18.